The van der Waals surface area contributed by atoms with Crippen LogP contribution in [0.4, 0.5) is 4.39 Å². The third kappa shape index (κ3) is 1.76. The third-order valence-corrected chi connectivity index (χ3v) is 1.98. The summed E-state index contributed by atoms with van der Waals surface area (Å²) in [7, 11) is 1.90. The maximum absolute atomic E-state index is 12.8. The third-order valence-electron chi connectivity index (χ3n) is 1.98. The lowest BCUT2D eigenvalue weighted by Crippen LogP contribution is -1.87. The van der Waals surface area contributed by atoms with Crippen LogP contribution in [-0.2, 0) is 7.05 Å². The summed E-state index contributed by atoms with van der Waals surface area (Å²) in [5.41, 5.74) is 1.88. The van der Waals surface area contributed by atoms with Crippen LogP contribution >= 0.6 is 0 Å². The molecule has 2 nitrogen and oxygen atoms in total. The van der Waals surface area contributed by atoms with Crippen LogP contribution in [0.1, 0.15) is 19.4 Å². The predicted octanol–water partition coefficient (Wildman–Crippen LogP) is 3.05. The van der Waals surface area contributed by atoms with Gasteiger partial charge in [0.15, 0.2) is 0 Å². The molecule has 0 radical (unpaired) electrons. The van der Waals surface area contributed by atoms with E-state index in [0.29, 0.717) is 0 Å². The Morgan fingerprint density at radius 3 is 2.64 bits per heavy atom. The van der Waals surface area contributed by atoms with Gasteiger partial charge in [-0.25, -0.2) is 9.37 Å². The highest BCUT2D eigenvalue weighted by Gasteiger charge is 2.04. The second-order valence-corrected chi connectivity index (χ2v) is 2.95. The smallest absolute Gasteiger partial charge is 0.142 e. The van der Waals surface area contributed by atoms with Crippen LogP contribution in [0.2, 0.25) is 0 Å². The lowest BCUT2D eigenvalue weighted by atomic mass is 10.2. The fraction of sp³-hybridized carbons (Fsp3) is 0.364. The van der Waals surface area contributed by atoms with Gasteiger partial charge >= 0.3 is 0 Å². The Morgan fingerprint density at radius 2 is 2.00 bits per heavy atom. The van der Waals surface area contributed by atoms with Crippen molar-refractivity contribution in [3.8, 4) is 0 Å². The molecule has 0 aromatic carbocycles. The monoisotopic (exact) mass is 194 g/mol. The zero-order valence-electron chi connectivity index (χ0n) is 9.00. The summed E-state index contributed by atoms with van der Waals surface area (Å²) in [4.78, 5) is 3.99. The quantitative estimate of drug-likeness (QED) is 0.630. The largest absolute Gasteiger partial charge is 0.335 e. The molecule has 76 valence electrons. The first kappa shape index (κ1) is 10.7. The maximum atomic E-state index is 12.8. The molecule has 3 heteroatoms. The molecule has 0 aliphatic carbocycles. The normalized spacial score (nSPS) is 9.79. The molecule has 0 amide bonds. The minimum Gasteiger partial charge on any atom is -0.335 e. The fourth-order valence-electron chi connectivity index (χ4n) is 1.42. The first-order valence-electron chi connectivity index (χ1n) is 4.75. The number of aromatic nitrogens is 2. The van der Waals surface area contributed by atoms with E-state index >= 15 is 0 Å². The molecule has 2 aromatic rings. The molecule has 0 spiro atoms. The van der Waals surface area contributed by atoms with Crippen molar-refractivity contribution in [2.75, 3.05) is 0 Å². The first-order valence-corrected chi connectivity index (χ1v) is 4.75. The number of aryl methyl sites for hydroxylation is 2. The summed E-state index contributed by atoms with van der Waals surface area (Å²) in [6, 6.07) is 1.51. The number of hydrogen-bond acceptors (Lipinski definition) is 1. The molecule has 0 bridgehead atoms. The molecule has 0 aliphatic rings. The molecule has 0 aliphatic heterocycles. The van der Waals surface area contributed by atoms with Gasteiger partial charge in [0.25, 0.3) is 0 Å². The van der Waals surface area contributed by atoms with Gasteiger partial charge in [-0.2, -0.15) is 0 Å². The van der Waals surface area contributed by atoms with Crippen LogP contribution in [0.15, 0.2) is 18.5 Å². The Balaban J connectivity index is 0.000000461. The molecule has 14 heavy (non-hydrogen) atoms. The number of pyridine rings is 1. The standard InChI is InChI=1S/C9H9FN2.C2H6/c1-6-5-12(2)9-8(6)3-7(10)4-11-9;1-2/h3-5H,1-2H3;1-2H3. The first-order chi connectivity index (χ1) is 6.68. The van der Waals surface area contributed by atoms with Crippen LogP contribution in [-0.4, -0.2) is 9.55 Å². The Labute approximate surface area is 83.4 Å². The molecule has 0 saturated heterocycles. The summed E-state index contributed by atoms with van der Waals surface area (Å²) in [6.45, 7) is 5.95. The SMILES string of the molecule is CC.Cc1cn(C)c2ncc(F)cc12. The van der Waals surface area contributed by atoms with E-state index in [0.717, 1.165) is 16.6 Å². The average Bonchev–Trinajstić information content (AvgIpc) is 2.46. The van der Waals surface area contributed by atoms with Crippen molar-refractivity contribution in [1.29, 1.82) is 0 Å². The second-order valence-electron chi connectivity index (χ2n) is 2.95. The van der Waals surface area contributed by atoms with E-state index in [1.807, 2.05) is 38.6 Å². The van der Waals surface area contributed by atoms with Crippen LogP contribution in [0.25, 0.3) is 11.0 Å². The van der Waals surface area contributed by atoms with Crippen molar-refractivity contribution in [3.05, 3.63) is 29.8 Å². The van der Waals surface area contributed by atoms with E-state index in [4.69, 9.17) is 0 Å². The molecule has 2 heterocycles. The zero-order chi connectivity index (χ0) is 10.7. The molecule has 2 rings (SSSR count). The molecular weight excluding hydrogens is 179 g/mol. The number of nitrogens with zero attached hydrogens (tertiary/aromatic N) is 2. The molecule has 0 saturated carbocycles. The van der Waals surface area contributed by atoms with Gasteiger partial charge in [-0.05, 0) is 18.6 Å². The topological polar surface area (TPSA) is 17.8 Å². The Hall–Kier alpha value is -1.38. The van der Waals surface area contributed by atoms with Gasteiger partial charge in [-0.1, -0.05) is 13.8 Å². The second kappa shape index (κ2) is 4.22. The van der Waals surface area contributed by atoms with Gasteiger partial charge in [-0.15, -0.1) is 0 Å². The average molecular weight is 194 g/mol. The number of rotatable bonds is 0. The van der Waals surface area contributed by atoms with Crippen LogP contribution < -0.4 is 0 Å². The van der Waals surface area contributed by atoms with Gasteiger partial charge in [0, 0.05) is 18.6 Å². The van der Waals surface area contributed by atoms with Crippen molar-refractivity contribution in [3.63, 3.8) is 0 Å². The van der Waals surface area contributed by atoms with E-state index in [-0.39, 0.29) is 5.82 Å². The summed E-state index contributed by atoms with van der Waals surface area (Å²) < 4.78 is 14.6. The van der Waals surface area contributed by atoms with Gasteiger partial charge in [0.1, 0.15) is 11.5 Å². The molecule has 0 N–H and O–H groups in total. The number of hydrogen-bond donors (Lipinski definition) is 0. The van der Waals surface area contributed by atoms with Crippen molar-refractivity contribution >= 4 is 11.0 Å². The molecule has 0 unspecified atom stereocenters. The fourth-order valence-corrected chi connectivity index (χ4v) is 1.42. The molecule has 2 aromatic heterocycles. The van der Waals surface area contributed by atoms with Gasteiger partial charge < -0.3 is 4.57 Å². The molecule has 0 fully saturated rings. The zero-order valence-corrected chi connectivity index (χ0v) is 9.00. The van der Waals surface area contributed by atoms with E-state index < -0.39 is 0 Å². The Bertz CT molecular complexity index is 432. The van der Waals surface area contributed by atoms with Gasteiger partial charge in [0.05, 0.1) is 6.20 Å². The van der Waals surface area contributed by atoms with Crippen LogP contribution in [0.3, 0.4) is 0 Å². The summed E-state index contributed by atoms with van der Waals surface area (Å²) in [6.07, 6.45) is 3.18. The van der Waals surface area contributed by atoms with Gasteiger partial charge in [-0.3, -0.25) is 0 Å². The predicted molar refractivity (Wildman–Crippen MR) is 56.8 cm³/mol. The van der Waals surface area contributed by atoms with Crippen molar-refractivity contribution in [2.45, 2.75) is 20.8 Å². The van der Waals surface area contributed by atoms with Crippen molar-refractivity contribution in [1.82, 2.24) is 9.55 Å². The van der Waals surface area contributed by atoms with E-state index in [2.05, 4.69) is 4.98 Å². The van der Waals surface area contributed by atoms with Gasteiger partial charge in [0.2, 0.25) is 0 Å². The highest BCUT2D eigenvalue weighted by Crippen LogP contribution is 2.17. The minimum absolute atomic E-state index is 0.281. The van der Waals surface area contributed by atoms with E-state index in [9.17, 15) is 4.39 Å². The maximum Gasteiger partial charge on any atom is 0.142 e. The lowest BCUT2D eigenvalue weighted by Gasteiger charge is -1.93. The highest BCUT2D eigenvalue weighted by molar-refractivity contribution is 5.79. The highest BCUT2D eigenvalue weighted by atomic mass is 19.1. The minimum atomic E-state index is -0.281. The van der Waals surface area contributed by atoms with Crippen molar-refractivity contribution < 1.29 is 4.39 Å². The number of halogens is 1. The van der Waals surface area contributed by atoms with E-state index in [1.54, 1.807) is 0 Å². The number of fused-ring (bicyclic) bond motifs is 1. The molecular formula is C11H15FN2. The lowest BCUT2D eigenvalue weighted by molar-refractivity contribution is 0.623. The summed E-state index contributed by atoms with van der Waals surface area (Å²) in [5.74, 6) is -0.281. The Morgan fingerprint density at radius 1 is 1.36 bits per heavy atom. The van der Waals surface area contributed by atoms with E-state index in [1.165, 1.54) is 12.3 Å². The Kier molecular flexibility index (Phi) is 3.23. The van der Waals surface area contributed by atoms with Crippen LogP contribution in [0.5, 0.6) is 0 Å². The van der Waals surface area contributed by atoms with Crippen molar-refractivity contribution in [2.24, 2.45) is 7.05 Å². The summed E-state index contributed by atoms with van der Waals surface area (Å²) in [5, 5.41) is 0.887. The molecule has 0 atom stereocenters. The van der Waals surface area contributed by atoms with Crippen LogP contribution in [0, 0.1) is 12.7 Å². The summed E-state index contributed by atoms with van der Waals surface area (Å²) >= 11 is 0.